The van der Waals surface area contributed by atoms with Crippen LogP contribution in [0.2, 0.25) is 0 Å². The molecular weight excluding hydrogens is 483 g/mol. The fourth-order valence-electron chi connectivity index (χ4n) is 4.68. The number of amides is 1. The Balaban J connectivity index is 1.27. The van der Waals surface area contributed by atoms with Gasteiger partial charge in [0.15, 0.2) is 0 Å². The molecule has 8 nitrogen and oxygen atoms in total. The van der Waals surface area contributed by atoms with Crippen LogP contribution < -0.4 is 10.5 Å². The molecule has 1 fully saturated rings. The second-order valence-corrected chi connectivity index (χ2v) is 10.6. The molecule has 10 heteroatoms. The van der Waals surface area contributed by atoms with E-state index in [2.05, 4.69) is 9.38 Å². The average molecular weight is 509 g/mol. The summed E-state index contributed by atoms with van der Waals surface area (Å²) in [5.41, 5.74) is 8.64. The summed E-state index contributed by atoms with van der Waals surface area (Å²) < 4.78 is 47.1. The maximum absolute atomic E-state index is 13.6. The first-order valence-corrected chi connectivity index (χ1v) is 13.2. The lowest BCUT2D eigenvalue weighted by Gasteiger charge is -2.33. The SMILES string of the molecule is NC1=NS(=O)(=O)Cc2cccc(OC[C@H]3CCCN(C(=O)c4ccnc(-c5cccc(F)c5)c4)C3)c21. The van der Waals surface area contributed by atoms with E-state index in [9.17, 15) is 17.6 Å². The number of nitrogens with two attached hydrogens (primary N) is 1. The lowest BCUT2D eigenvalue weighted by Crippen LogP contribution is -2.41. The predicted octanol–water partition coefficient (Wildman–Crippen LogP) is 3.37. The van der Waals surface area contributed by atoms with Crippen molar-refractivity contribution in [1.29, 1.82) is 0 Å². The van der Waals surface area contributed by atoms with Crippen molar-refractivity contribution in [2.45, 2.75) is 18.6 Å². The van der Waals surface area contributed by atoms with Gasteiger partial charge in [-0.3, -0.25) is 9.78 Å². The molecule has 1 amide bonds. The van der Waals surface area contributed by atoms with Gasteiger partial charge in [0.1, 0.15) is 17.4 Å². The third-order valence-electron chi connectivity index (χ3n) is 6.35. The molecule has 1 atom stereocenters. The number of likely N-dealkylation sites (tertiary alicyclic amines) is 1. The Bertz CT molecular complexity index is 1460. The van der Waals surface area contributed by atoms with Crippen LogP contribution in [-0.4, -0.2) is 49.7 Å². The van der Waals surface area contributed by atoms with E-state index in [1.807, 2.05) is 0 Å². The van der Waals surface area contributed by atoms with Crippen molar-refractivity contribution >= 4 is 21.8 Å². The fourth-order valence-corrected chi connectivity index (χ4v) is 5.77. The van der Waals surface area contributed by atoms with Crippen molar-refractivity contribution in [1.82, 2.24) is 9.88 Å². The summed E-state index contributed by atoms with van der Waals surface area (Å²) in [5.74, 6) is -0.179. The number of carbonyl (C=O) groups excluding carboxylic acids is 1. The molecule has 0 saturated carbocycles. The van der Waals surface area contributed by atoms with Crippen molar-refractivity contribution in [3.05, 3.63) is 83.3 Å². The van der Waals surface area contributed by atoms with Crippen LogP contribution >= 0.6 is 0 Å². The van der Waals surface area contributed by atoms with Crippen LogP contribution in [0, 0.1) is 11.7 Å². The first kappa shape index (κ1) is 23.9. The molecule has 1 aromatic heterocycles. The molecule has 0 bridgehead atoms. The number of rotatable bonds is 5. The number of pyridine rings is 1. The van der Waals surface area contributed by atoms with Crippen LogP contribution in [0.25, 0.3) is 11.3 Å². The Morgan fingerprint density at radius 3 is 2.83 bits per heavy atom. The van der Waals surface area contributed by atoms with Crippen LogP contribution in [0.15, 0.2) is 65.2 Å². The van der Waals surface area contributed by atoms with Crippen LogP contribution in [0.1, 0.15) is 34.3 Å². The van der Waals surface area contributed by atoms with E-state index in [0.29, 0.717) is 53.4 Å². The quantitative estimate of drug-likeness (QED) is 0.565. The van der Waals surface area contributed by atoms with E-state index in [-0.39, 0.29) is 29.2 Å². The Morgan fingerprint density at radius 1 is 1.17 bits per heavy atom. The highest BCUT2D eigenvalue weighted by atomic mass is 32.2. The average Bonchev–Trinajstić information content (AvgIpc) is 2.86. The monoisotopic (exact) mass is 508 g/mol. The van der Waals surface area contributed by atoms with Crippen molar-refractivity contribution < 1.29 is 22.3 Å². The number of fused-ring (bicyclic) bond motifs is 1. The Hall–Kier alpha value is -3.79. The highest BCUT2D eigenvalue weighted by Crippen LogP contribution is 2.29. The van der Waals surface area contributed by atoms with E-state index in [1.165, 1.54) is 12.1 Å². The summed E-state index contributed by atoms with van der Waals surface area (Å²) >= 11 is 0. The van der Waals surface area contributed by atoms with Crippen LogP contribution in [0.5, 0.6) is 5.75 Å². The molecule has 0 radical (unpaired) electrons. The molecule has 0 spiro atoms. The Labute approximate surface area is 208 Å². The maximum atomic E-state index is 13.6. The Kier molecular flexibility index (Phi) is 6.44. The zero-order valence-corrected chi connectivity index (χ0v) is 20.2. The molecule has 36 heavy (non-hydrogen) atoms. The number of sulfonamides is 1. The summed E-state index contributed by atoms with van der Waals surface area (Å²) in [6, 6.07) is 14.6. The fraction of sp³-hybridized carbons (Fsp3) is 0.269. The molecule has 2 aromatic carbocycles. The van der Waals surface area contributed by atoms with Gasteiger partial charge in [-0.1, -0.05) is 24.3 Å². The van der Waals surface area contributed by atoms with Gasteiger partial charge in [0.2, 0.25) is 0 Å². The molecular formula is C26H25FN4O4S. The lowest BCUT2D eigenvalue weighted by molar-refractivity contribution is 0.0633. The van der Waals surface area contributed by atoms with Crippen molar-refractivity contribution in [2.24, 2.45) is 16.0 Å². The summed E-state index contributed by atoms with van der Waals surface area (Å²) in [7, 11) is -3.62. The number of hydrogen-bond donors (Lipinski definition) is 1. The number of halogens is 1. The number of nitrogens with zero attached hydrogens (tertiary/aromatic N) is 3. The largest absolute Gasteiger partial charge is 0.492 e. The smallest absolute Gasteiger partial charge is 0.259 e. The number of amidine groups is 1. The van der Waals surface area contributed by atoms with Gasteiger partial charge in [0.25, 0.3) is 15.9 Å². The number of hydrogen-bond acceptors (Lipinski definition) is 6. The number of aromatic nitrogens is 1. The minimum atomic E-state index is -3.62. The van der Waals surface area contributed by atoms with Gasteiger partial charge in [-0.25, -0.2) is 12.8 Å². The molecule has 186 valence electrons. The zero-order valence-electron chi connectivity index (χ0n) is 19.4. The molecule has 3 aromatic rings. The predicted molar refractivity (Wildman–Crippen MR) is 134 cm³/mol. The second kappa shape index (κ2) is 9.69. The molecule has 2 aliphatic heterocycles. The topological polar surface area (TPSA) is 115 Å². The standard InChI is InChI=1S/C26H25FN4O4S/c27-21-7-1-5-18(12-21)22-13-19(9-10-29-22)26(32)31-11-3-4-17(14-31)15-35-23-8-2-6-20-16-36(33,34)30-25(28)24(20)23/h1-2,5-10,12-13,17H,3-4,11,14-16H2,(H2,28,30)/t17-/m0/s1. The van der Waals surface area contributed by atoms with E-state index in [1.54, 1.807) is 53.6 Å². The first-order chi connectivity index (χ1) is 17.3. The van der Waals surface area contributed by atoms with Gasteiger partial charge < -0.3 is 15.4 Å². The van der Waals surface area contributed by atoms with Crippen molar-refractivity contribution in [3.8, 4) is 17.0 Å². The van der Waals surface area contributed by atoms with Gasteiger partial charge >= 0.3 is 0 Å². The summed E-state index contributed by atoms with van der Waals surface area (Å²) in [6.07, 6.45) is 3.28. The maximum Gasteiger partial charge on any atom is 0.259 e. The molecule has 0 aliphatic carbocycles. The molecule has 0 unspecified atom stereocenters. The number of ether oxygens (including phenoxy) is 1. The summed E-state index contributed by atoms with van der Waals surface area (Å²) in [6.45, 7) is 1.50. The van der Waals surface area contributed by atoms with Crippen LogP contribution in [0.4, 0.5) is 4.39 Å². The summed E-state index contributed by atoms with van der Waals surface area (Å²) in [4.78, 5) is 19.3. The minimum absolute atomic E-state index is 0.0703. The third kappa shape index (κ3) is 5.08. The zero-order chi connectivity index (χ0) is 25.3. The molecule has 2 N–H and O–H groups in total. The van der Waals surface area contributed by atoms with E-state index < -0.39 is 10.0 Å². The molecule has 1 saturated heterocycles. The highest BCUT2D eigenvalue weighted by Gasteiger charge is 2.28. The van der Waals surface area contributed by atoms with Crippen molar-refractivity contribution in [3.63, 3.8) is 0 Å². The van der Waals surface area contributed by atoms with E-state index in [0.717, 1.165) is 12.8 Å². The lowest BCUT2D eigenvalue weighted by atomic mass is 9.98. The van der Waals surface area contributed by atoms with E-state index in [4.69, 9.17) is 10.5 Å². The summed E-state index contributed by atoms with van der Waals surface area (Å²) in [5, 5.41) is 0. The molecule has 3 heterocycles. The van der Waals surface area contributed by atoms with Gasteiger partial charge in [-0.05, 0) is 48.7 Å². The third-order valence-corrected chi connectivity index (χ3v) is 7.50. The molecule has 5 rings (SSSR count). The normalized spacial score (nSPS) is 18.8. The van der Waals surface area contributed by atoms with Crippen LogP contribution in [-0.2, 0) is 15.8 Å². The Morgan fingerprint density at radius 2 is 2.00 bits per heavy atom. The minimum Gasteiger partial charge on any atom is -0.492 e. The second-order valence-electron chi connectivity index (χ2n) is 9.00. The van der Waals surface area contributed by atoms with Gasteiger partial charge in [0, 0.05) is 36.3 Å². The highest BCUT2D eigenvalue weighted by molar-refractivity contribution is 7.89. The molecule has 2 aliphatic rings. The van der Waals surface area contributed by atoms with Crippen LogP contribution in [0.3, 0.4) is 0 Å². The van der Waals surface area contributed by atoms with Gasteiger partial charge in [-0.2, -0.15) is 0 Å². The number of piperidine rings is 1. The number of benzene rings is 2. The van der Waals surface area contributed by atoms with E-state index >= 15 is 0 Å². The number of carbonyl (C=O) groups is 1. The van der Waals surface area contributed by atoms with Crippen molar-refractivity contribution in [2.75, 3.05) is 19.7 Å². The first-order valence-electron chi connectivity index (χ1n) is 11.6. The van der Waals surface area contributed by atoms with Gasteiger partial charge in [-0.15, -0.1) is 4.40 Å². The van der Waals surface area contributed by atoms with Gasteiger partial charge in [0.05, 0.1) is 23.6 Å².